The topological polar surface area (TPSA) is 70.4 Å². The minimum atomic E-state index is -0.935. The van der Waals surface area contributed by atoms with Crippen molar-refractivity contribution in [1.29, 1.82) is 0 Å². The summed E-state index contributed by atoms with van der Waals surface area (Å²) in [6, 6.07) is 1.89. The number of carbonyl (C=O) groups excluding carboxylic acids is 2. The maximum Gasteiger partial charge on any atom is 0.320 e. The second-order valence-electron chi connectivity index (χ2n) is 4.36. The third-order valence-corrected chi connectivity index (χ3v) is 2.95. The fourth-order valence-corrected chi connectivity index (χ4v) is 1.89. The fourth-order valence-electron chi connectivity index (χ4n) is 1.89. The minimum absolute atomic E-state index is 0.236. The monoisotopic (exact) mass is 282 g/mol. The molecular weight excluding hydrogens is 260 g/mol. The van der Waals surface area contributed by atoms with E-state index in [1.54, 1.807) is 25.6 Å². The number of aryl methyl sites for hydroxylation is 2. The Morgan fingerprint density at radius 1 is 1.20 bits per heavy atom. The lowest BCUT2D eigenvalue weighted by atomic mass is 10.0. The Labute approximate surface area is 119 Å². The van der Waals surface area contributed by atoms with Gasteiger partial charge in [-0.25, -0.2) is 0 Å². The van der Waals surface area contributed by atoms with Crippen LogP contribution in [0.3, 0.4) is 0 Å². The molecule has 0 bridgehead atoms. The van der Waals surface area contributed by atoms with Gasteiger partial charge in [0.2, 0.25) is 0 Å². The van der Waals surface area contributed by atoms with Crippen LogP contribution in [0.1, 0.15) is 32.2 Å². The second kappa shape index (κ2) is 7.67. The Hall–Kier alpha value is -1.85. The lowest BCUT2D eigenvalue weighted by Crippen LogP contribution is -2.30. The summed E-state index contributed by atoms with van der Waals surface area (Å²) in [5.74, 6) is -2.04. The van der Waals surface area contributed by atoms with Gasteiger partial charge in [0.15, 0.2) is 5.92 Å². The van der Waals surface area contributed by atoms with Gasteiger partial charge in [0.1, 0.15) is 0 Å². The molecule has 0 aliphatic rings. The molecule has 0 spiro atoms. The van der Waals surface area contributed by atoms with Crippen molar-refractivity contribution in [2.75, 3.05) is 13.2 Å². The summed E-state index contributed by atoms with van der Waals surface area (Å²) in [6.45, 7) is 5.89. The molecule has 20 heavy (non-hydrogen) atoms. The van der Waals surface area contributed by atoms with Crippen molar-refractivity contribution < 1.29 is 19.1 Å². The number of esters is 2. The molecule has 0 fully saturated rings. The van der Waals surface area contributed by atoms with Crippen LogP contribution in [0.25, 0.3) is 0 Å². The Bertz CT molecular complexity index is 450. The first-order chi connectivity index (χ1) is 9.53. The first kappa shape index (κ1) is 16.2. The zero-order chi connectivity index (χ0) is 15.1. The summed E-state index contributed by atoms with van der Waals surface area (Å²) in [7, 11) is 1.79. The van der Waals surface area contributed by atoms with Gasteiger partial charge in [0.05, 0.1) is 18.9 Å². The van der Waals surface area contributed by atoms with Crippen LogP contribution in [0.2, 0.25) is 0 Å². The summed E-state index contributed by atoms with van der Waals surface area (Å²) in [5, 5.41) is 4.31. The van der Waals surface area contributed by atoms with Gasteiger partial charge in [0, 0.05) is 19.2 Å². The van der Waals surface area contributed by atoms with E-state index < -0.39 is 17.9 Å². The van der Waals surface area contributed by atoms with Crippen LogP contribution < -0.4 is 0 Å². The fraction of sp³-hybridized carbons (Fsp3) is 0.643. The molecule has 1 aromatic rings. The molecule has 0 amide bonds. The highest BCUT2D eigenvalue weighted by Crippen LogP contribution is 2.14. The number of carbonyl (C=O) groups is 2. The maximum atomic E-state index is 11.9. The second-order valence-corrected chi connectivity index (χ2v) is 4.36. The maximum absolute atomic E-state index is 11.9. The molecule has 0 saturated carbocycles. The highest BCUT2D eigenvalue weighted by atomic mass is 16.6. The third-order valence-electron chi connectivity index (χ3n) is 2.95. The van der Waals surface area contributed by atoms with E-state index >= 15 is 0 Å². The standard InChI is InChI=1S/C14H22N2O4/c1-5-10-8-11(16(4)15-10)9-12(13(17)19-6-2)14(18)20-7-3/h8,12H,5-7,9H2,1-4H3. The first-order valence-corrected chi connectivity index (χ1v) is 6.88. The average Bonchev–Trinajstić information content (AvgIpc) is 2.77. The van der Waals surface area contributed by atoms with Gasteiger partial charge in [-0.1, -0.05) is 6.92 Å². The molecule has 0 aromatic carbocycles. The van der Waals surface area contributed by atoms with E-state index in [-0.39, 0.29) is 19.6 Å². The van der Waals surface area contributed by atoms with Crippen molar-refractivity contribution in [1.82, 2.24) is 9.78 Å². The van der Waals surface area contributed by atoms with Crippen LogP contribution in [0, 0.1) is 5.92 Å². The zero-order valence-electron chi connectivity index (χ0n) is 12.5. The van der Waals surface area contributed by atoms with Gasteiger partial charge in [0.25, 0.3) is 0 Å². The van der Waals surface area contributed by atoms with Crippen molar-refractivity contribution in [3.8, 4) is 0 Å². The van der Waals surface area contributed by atoms with Gasteiger partial charge in [-0.15, -0.1) is 0 Å². The summed E-state index contributed by atoms with van der Waals surface area (Å²) in [5.41, 5.74) is 1.74. The molecular formula is C14H22N2O4. The van der Waals surface area contributed by atoms with E-state index in [1.807, 2.05) is 13.0 Å². The number of rotatable bonds is 7. The Kier molecular flexibility index (Phi) is 6.21. The minimum Gasteiger partial charge on any atom is -0.465 e. The average molecular weight is 282 g/mol. The molecule has 112 valence electrons. The SMILES string of the molecule is CCOC(=O)C(Cc1cc(CC)nn1C)C(=O)OCC. The summed E-state index contributed by atoms with van der Waals surface area (Å²) < 4.78 is 11.6. The molecule has 0 atom stereocenters. The quantitative estimate of drug-likeness (QED) is 0.556. The molecule has 6 heteroatoms. The Balaban J connectivity index is 2.90. The number of hydrogen-bond acceptors (Lipinski definition) is 5. The van der Waals surface area contributed by atoms with E-state index in [0.29, 0.717) is 0 Å². The predicted molar refractivity (Wildman–Crippen MR) is 73.0 cm³/mol. The van der Waals surface area contributed by atoms with Crippen molar-refractivity contribution in [2.45, 2.75) is 33.6 Å². The molecule has 1 aromatic heterocycles. The first-order valence-electron chi connectivity index (χ1n) is 6.88. The molecule has 0 unspecified atom stereocenters. The van der Waals surface area contributed by atoms with Crippen molar-refractivity contribution >= 4 is 11.9 Å². The predicted octanol–water partition coefficient (Wildman–Crippen LogP) is 1.27. The third kappa shape index (κ3) is 4.08. The van der Waals surface area contributed by atoms with E-state index in [0.717, 1.165) is 17.8 Å². The highest BCUT2D eigenvalue weighted by molar-refractivity contribution is 5.95. The summed E-state index contributed by atoms with van der Waals surface area (Å²) in [6.07, 6.45) is 1.04. The molecule has 0 radical (unpaired) electrons. The molecule has 6 nitrogen and oxygen atoms in total. The largest absolute Gasteiger partial charge is 0.465 e. The summed E-state index contributed by atoms with van der Waals surface area (Å²) in [4.78, 5) is 23.8. The van der Waals surface area contributed by atoms with E-state index in [4.69, 9.17) is 9.47 Å². The van der Waals surface area contributed by atoms with Crippen LogP contribution in [-0.4, -0.2) is 34.9 Å². The van der Waals surface area contributed by atoms with Crippen LogP contribution in [0.5, 0.6) is 0 Å². The molecule has 1 heterocycles. The molecule has 0 N–H and O–H groups in total. The van der Waals surface area contributed by atoms with E-state index in [1.165, 1.54) is 0 Å². The molecule has 0 saturated heterocycles. The van der Waals surface area contributed by atoms with Crippen molar-refractivity contribution in [2.24, 2.45) is 13.0 Å². The van der Waals surface area contributed by atoms with Gasteiger partial charge in [-0.05, 0) is 26.3 Å². The van der Waals surface area contributed by atoms with E-state index in [2.05, 4.69) is 5.10 Å². The molecule has 1 rings (SSSR count). The number of aromatic nitrogens is 2. The van der Waals surface area contributed by atoms with Crippen LogP contribution in [0.4, 0.5) is 0 Å². The summed E-state index contributed by atoms with van der Waals surface area (Å²) >= 11 is 0. The lowest BCUT2D eigenvalue weighted by molar-refractivity contribution is -0.161. The zero-order valence-corrected chi connectivity index (χ0v) is 12.5. The number of nitrogens with zero attached hydrogens (tertiary/aromatic N) is 2. The smallest absolute Gasteiger partial charge is 0.320 e. The number of hydrogen-bond donors (Lipinski definition) is 0. The van der Waals surface area contributed by atoms with Gasteiger partial charge in [-0.2, -0.15) is 5.10 Å². The number of ether oxygens (including phenoxy) is 2. The van der Waals surface area contributed by atoms with Crippen LogP contribution in [0.15, 0.2) is 6.07 Å². The van der Waals surface area contributed by atoms with E-state index in [9.17, 15) is 9.59 Å². The Morgan fingerprint density at radius 2 is 1.75 bits per heavy atom. The van der Waals surface area contributed by atoms with Crippen LogP contribution in [-0.2, 0) is 39.0 Å². The van der Waals surface area contributed by atoms with Gasteiger partial charge < -0.3 is 9.47 Å². The van der Waals surface area contributed by atoms with Crippen molar-refractivity contribution in [3.05, 3.63) is 17.5 Å². The normalized spacial score (nSPS) is 10.7. The lowest BCUT2D eigenvalue weighted by Gasteiger charge is -2.14. The molecule has 0 aliphatic carbocycles. The Morgan fingerprint density at radius 3 is 2.15 bits per heavy atom. The molecule has 0 aliphatic heterocycles. The van der Waals surface area contributed by atoms with Crippen molar-refractivity contribution in [3.63, 3.8) is 0 Å². The van der Waals surface area contributed by atoms with Crippen LogP contribution >= 0.6 is 0 Å². The van der Waals surface area contributed by atoms with Gasteiger partial charge >= 0.3 is 11.9 Å². The highest BCUT2D eigenvalue weighted by Gasteiger charge is 2.30. The van der Waals surface area contributed by atoms with Gasteiger partial charge in [-0.3, -0.25) is 14.3 Å².